The van der Waals surface area contributed by atoms with Crippen LogP contribution in [0.15, 0.2) is 18.6 Å². The fourth-order valence-electron chi connectivity index (χ4n) is 1.98. The lowest BCUT2D eigenvalue weighted by molar-refractivity contribution is -0.134. The third kappa shape index (κ3) is 2.72. The minimum Gasteiger partial charge on any atom is -0.352 e. The van der Waals surface area contributed by atoms with Gasteiger partial charge in [-0.1, -0.05) is 13.8 Å². The number of aromatic nitrogens is 2. The summed E-state index contributed by atoms with van der Waals surface area (Å²) < 4.78 is 0. The van der Waals surface area contributed by atoms with Crippen LogP contribution >= 0.6 is 0 Å². The molecule has 0 saturated carbocycles. The summed E-state index contributed by atoms with van der Waals surface area (Å²) in [4.78, 5) is 24.2. The average Bonchev–Trinajstić information content (AvgIpc) is 2.39. The summed E-state index contributed by atoms with van der Waals surface area (Å²) >= 11 is 0. The zero-order valence-electron chi connectivity index (χ0n) is 10.3. The van der Waals surface area contributed by atoms with Crippen LogP contribution in [-0.2, 0) is 4.79 Å². The number of carbonyl (C=O) groups excluding carboxylic acids is 1. The van der Waals surface area contributed by atoms with Gasteiger partial charge in [-0.2, -0.15) is 0 Å². The van der Waals surface area contributed by atoms with E-state index >= 15 is 0 Å². The van der Waals surface area contributed by atoms with Gasteiger partial charge in [0.2, 0.25) is 5.91 Å². The van der Waals surface area contributed by atoms with Gasteiger partial charge in [0.05, 0.1) is 6.20 Å². The van der Waals surface area contributed by atoms with Crippen molar-refractivity contribution in [1.29, 1.82) is 0 Å². The van der Waals surface area contributed by atoms with Gasteiger partial charge >= 0.3 is 0 Å². The Hall–Kier alpha value is -1.65. The van der Waals surface area contributed by atoms with Crippen molar-refractivity contribution in [2.45, 2.75) is 13.8 Å². The predicted octanol–water partition coefficient (Wildman–Crippen LogP) is 0.781. The molecule has 2 rings (SSSR count). The van der Waals surface area contributed by atoms with Gasteiger partial charge in [-0.3, -0.25) is 9.78 Å². The van der Waals surface area contributed by atoms with E-state index in [9.17, 15) is 4.79 Å². The van der Waals surface area contributed by atoms with Crippen LogP contribution in [0.4, 0.5) is 5.82 Å². The monoisotopic (exact) mass is 234 g/mol. The summed E-state index contributed by atoms with van der Waals surface area (Å²) in [7, 11) is 0. The van der Waals surface area contributed by atoms with E-state index in [-0.39, 0.29) is 11.8 Å². The van der Waals surface area contributed by atoms with Crippen molar-refractivity contribution in [3.05, 3.63) is 18.6 Å². The van der Waals surface area contributed by atoms with Crippen LogP contribution in [0.2, 0.25) is 0 Å². The van der Waals surface area contributed by atoms with Crippen LogP contribution in [0, 0.1) is 5.92 Å². The lowest BCUT2D eigenvalue weighted by Crippen LogP contribution is -2.50. The van der Waals surface area contributed by atoms with Crippen molar-refractivity contribution < 1.29 is 4.79 Å². The van der Waals surface area contributed by atoms with E-state index < -0.39 is 0 Å². The molecule has 0 atom stereocenters. The highest BCUT2D eigenvalue weighted by atomic mass is 16.2. The van der Waals surface area contributed by atoms with Gasteiger partial charge < -0.3 is 9.80 Å². The summed E-state index contributed by atoms with van der Waals surface area (Å²) in [5.74, 6) is 1.21. The number of anilines is 1. The molecule has 0 radical (unpaired) electrons. The number of hydrogen-bond acceptors (Lipinski definition) is 4. The maximum atomic E-state index is 11.8. The Morgan fingerprint density at radius 1 is 1.24 bits per heavy atom. The normalized spacial score (nSPS) is 16.4. The van der Waals surface area contributed by atoms with Crippen LogP contribution in [-0.4, -0.2) is 47.0 Å². The smallest absolute Gasteiger partial charge is 0.225 e. The van der Waals surface area contributed by atoms with Gasteiger partial charge in [0.1, 0.15) is 5.82 Å². The third-order valence-corrected chi connectivity index (χ3v) is 2.96. The molecule has 5 heteroatoms. The van der Waals surface area contributed by atoms with Crippen molar-refractivity contribution in [2.24, 2.45) is 5.92 Å². The Labute approximate surface area is 101 Å². The van der Waals surface area contributed by atoms with Gasteiger partial charge in [0, 0.05) is 44.5 Å². The van der Waals surface area contributed by atoms with Gasteiger partial charge in [0.25, 0.3) is 0 Å². The second kappa shape index (κ2) is 5.12. The maximum Gasteiger partial charge on any atom is 0.225 e. The Bertz CT molecular complexity index is 371. The molecule has 0 aromatic carbocycles. The molecule has 17 heavy (non-hydrogen) atoms. The van der Waals surface area contributed by atoms with E-state index in [1.165, 1.54) is 0 Å². The number of hydrogen-bond donors (Lipinski definition) is 0. The molecule has 1 aliphatic heterocycles. The fourth-order valence-corrected chi connectivity index (χ4v) is 1.98. The van der Waals surface area contributed by atoms with E-state index in [1.54, 1.807) is 18.6 Å². The second-order valence-corrected chi connectivity index (χ2v) is 4.53. The minimum atomic E-state index is 0.0815. The van der Waals surface area contributed by atoms with Crippen LogP contribution in [0.5, 0.6) is 0 Å². The van der Waals surface area contributed by atoms with E-state index in [0.717, 1.165) is 32.0 Å². The molecule has 0 N–H and O–H groups in total. The van der Waals surface area contributed by atoms with E-state index in [0.29, 0.717) is 0 Å². The molecule has 92 valence electrons. The van der Waals surface area contributed by atoms with Crippen LogP contribution in [0.1, 0.15) is 13.8 Å². The van der Waals surface area contributed by atoms with Crippen LogP contribution in [0.3, 0.4) is 0 Å². The first-order chi connectivity index (χ1) is 8.18. The quantitative estimate of drug-likeness (QED) is 0.759. The van der Waals surface area contributed by atoms with Crippen LogP contribution in [0.25, 0.3) is 0 Å². The zero-order chi connectivity index (χ0) is 12.3. The Morgan fingerprint density at radius 2 is 1.94 bits per heavy atom. The van der Waals surface area contributed by atoms with Crippen LogP contribution < -0.4 is 4.90 Å². The molecule has 0 spiro atoms. The standard InChI is InChI=1S/C12H18N4O/c1-10(2)12(17)16-7-5-15(6-8-16)11-9-13-3-4-14-11/h3-4,9-10H,5-8H2,1-2H3. The first kappa shape index (κ1) is 11.8. The first-order valence-corrected chi connectivity index (χ1v) is 5.98. The predicted molar refractivity (Wildman–Crippen MR) is 65.7 cm³/mol. The molecule has 0 aliphatic carbocycles. The highest BCUT2D eigenvalue weighted by molar-refractivity contribution is 5.78. The number of piperazine rings is 1. The molecule has 1 fully saturated rings. The number of nitrogens with zero attached hydrogens (tertiary/aromatic N) is 4. The van der Waals surface area contributed by atoms with Gasteiger partial charge in [0.15, 0.2) is 0 Å². The summed E-state index contributed by atoms with van der Waals surface area (Å²) in [6, 6.07) is 0. The largest absolute Gasteiger partial charge is 0.352 e. The van der Waals surface area contributed by atoms with E-state index in [1.807, 2.05) is 18.7 Å². The molecule has 0 bridgehead atoms. The lowest BCUT2D eigenvalue weighted by Gasteiger charge is -2.36. The van der Waals surface area contributed by atoms with Gasteiger partial charge in [-0.15, -0.1) is 0 Å². The molecule has 1 amide bonds. The number of carbonyl (C=O) groups is 1. The minimum absolute atomic E-state index is 0.0815. The number of amides is 1. The van der Waals surface area contributed by atoms with Gasteiger partial charge in [-0.05, 0) is 0 Å². The van der Waals surface area contributed by atoms with Crippen molar-refractivity contribution >= 4 is 11.7 Å². The SMILES string of the molecule is CC(C)C(=O)N1CCN(c2cnccn2)CC1. The van der Waals surface area contributed by atoms with E-state index in [2.05, 4.69) is 14.9 Å². The topological polar surface area (TPSA) is 49.3 Å². The fraction of sp³-hybridized carbons (Fsp3) is 0.583. The summed E-state index contributed by atoms with van der Waals surface area (Å²) in [5.41, 5.74) is 0. The maximum absolute atomic E-state index is 11.8. The molecular weight excluding hydrogens is 216 g/mol. The van der Waals surface area contributed by atoms with Crippen molar-refractivity contribution in [2.75, 3.05) is 31.1 Å². The number of rotatable bonds is 2. The lowest BCUT2D eigenvalue weighted by atomic mass is 10.1. The molecule has 1 aliphatic rings. The molecule has 1 aromatic rings. The third-order valence-electron chi connectivity index (χ3n) is 2.96. The molecule has 5 nitrogen and oxygen atoms in total. The van der Waals surface area contributed by atoms with Crippen molar-refractivity contribution in [3.63, 3.8) is 0 Å². The Morgan fingerprint density at radius 3 is 2.47 bits per heavy atom. The Balaban J connectivity index is 1.93. The summed E-state index contributed by atoms with van der Waals surface area (Å²) in [6.45, 7) is 7.09. The van der Waals surface area contributed by atoms with E-state index in [4.69, 9.17) is 0 Å². The Kier molecular flexibility index (Phi) is 3.56. The highest BCUT2D eigenvalue weighted by Gasteiger charge is 2.23. The average molecular weight is 234 g/mol. The summed E-state index contributed by atoms with van der Waals surface area (Å²) in [5, 5.41) is 0. The second-order valence-electron chi connectivity index (χ2n) is 4.53. The van der Waals surface area contributed by atoms with Gasteiger partial charge in [-0.25, -0.2) is 4.98 Å². The molecular formula is C12H18N4O. The molecule has 2 heterocycles. The summed E-state index contributed by atoms with van der Waals surface area (Å²) in [6.07, 6.45) is 5.13. The molecule has 0 unspecified atom stereocenters. The first-order valence-electron chi connectivity index (χ1n) is 5.98. The highest BCUT2D eigenvalue weighted by Crippen LogP contribution is 2.12. The zero-order valence-corrected chi connectivity index (χ0v) is 10.3. The van der Waals surface area contributed by atoms with Crippen molar-refractivity contribution in [3.8, 4) is 0 Å². The van der Waals surface area contributed by atoms with Crippen molar-refractivity contribution in [1.82, 2.24) is 14.9 Å². The molecule has 1 saturated heterocycles. The molecule has 1 aromatic heterocycles.